The number of carbonyl (C=O) groups is 1. The van der Waals surface area contributed by atoms with E-state index in [1.807, 2.05) is 0 Å². The Hall–Kier alpha value is -1.93. The van der Waals surface area contributed by atoms with Crippen LogP contribution in [0.15, 0.2) is 18.2 Å². The number of nitrogens with one attached hydrogen (secondary N) is 1. The summed E-state index contributed by atoms with van der Waals surface area (Å²) in [5.41, 5.74) is -1.03. The highest BCUT2D eigenvalue weighted by Gasteiger charge is 2.53. The van der Waals surface area contributed by atoms with Gasteiger partial charge >= 0.3 is 0 Å². The minimum Gasteiger partial charge on any atom is -0.319 e. The van der Waals surface area contributed by atoms with E-state index in [1.54, 1.807) is 11.8 Å². The average molecular weight is 318 g/mol. The first-order valence-electron chi connectivity index (χ1n) is 7.88. The van der Waals surface area contributed by atoms with Crippen molar-refractivity contribution in [2.24, 2.45) is 0 Å². The summed E-state index contributed by atoms with van der Waals surface area (Å²) in [4.78, 5) is 14.7. The lowest BCUT2D eigenvalue weighted by molar-refractivity contribution is -0.149. The molecule has 1 amide bonds. The maximum Gasteiger partial charge on any atom is 0.244 e. The second kappa shape index (κ2) is 5.61. The summed E-state index contributed by atoms with van der Waals surface area (Å²) in [6.45, 7) is 2.34. The van der Waals surface area contributed by atoms with Gasteiger partial charge in [-0.15, -0.1) is 6.42 Å². The molecule has 1 N–H and O–H groups in total. The smallest absolute Gasteiger partial charge is 0.244 e. The maximum absolute atomic E-state index is 13.7. The molecule has 1 atom stereocenters. The maximum atomic E-state index is 13.7. The Balaban J connectivity index is 2.04. The van der Waals surface area contributed by atoms with E-state index in [9.17, 15) is 13.6 Å². The van der Waals surface area contributed by atoms with Gasteiger partial charge in [-0.1, -0.05) is 18.8 Å². The van der Waals surface area contributed by atoms with Crippen LogP contribution in [0.4, 0.5) is 8.78 Å². The number of hydrogen-bond donors (Lipinski definition) is 1. The van der Waals surface area contributed by atoms with E-state index >= 15 is 0 Å². The van der Waals surface area contributed by atoms with E-state index in [-0.39, 0.29) is 12.5 Å². The highest BCUT2D eigenvalue weighted by molar-refractivity contribution is 5.88. The molecular weight excluding hydrogens is 298 g/mol. The highest BCUT2D eigenvalue weighted by atomic mass is 19.1. The minimum absolute atomic E-state index is 0.0635. The molecule has 1 heterocycles. The average Bonchev–Trinajstić information content (AvgIpc) is 2.97. The normalized spacial score (nSPS) is 26.5. The number of nitrogens with zero attached hydrogens (tertiary/aromatic N) is 1. The lowest BCUT2D eigenvalue weighted by Gasteiger charge is -2.51. The molecule has 0 bridgehead atoms. The van der Waals surface area contributed by atoms with Crippen molar-refractivity contribution in [2.75, 3.05) is 13.1 Å². The molecule has 1 saturated heterocycles. The topological polar surface area (TPSA) is 32.3 Å². The van der Waals surface area contributed by atoms with E-state index in [0.717, 1.165) is 31.7 Å². The third-order valence-corrected chi connectivity index (χ3v) is 5.21. The first-order chi connectivity index (χ1) is 10.9. The molecule has 1 aliphatic heterocycles. The zero-order valence-corrected chi connectivity index (χ0v) is 13.2. The number of piperazine rings is 1. The van der Waals surface area contributed by atoms with Crippen LogP contribution >= 0.6 is 0 Å². The van der Waals surface area contributed by atoms with Gasteiger partial charge in [-0.05, 0) is 37.5 Å². The fourth-order valence-electron chi connectivity index (χ4n) is 3.82. The van der Waals surface area contributed by atoms with Gasteiger partial charge < -0.3 is 10.2 Å². The third kappa shape index (κ3) is 2.51. The molecule has 122 valence electrons. The Labute approximate surface area is 135 Å². The second-order valence-electron chi connectivity index (χ2n) is 6.67. The van der Waals surface area contributed by atoms with Gasteiger partial charge in [-0.2, -0.15) is 0 Å². The van der Waals surface area contributed by atoms with Crippen molar-refractivity contribution in [1.82, 2.24) is 10.2 Å². The van der Waals surface area contributed by atoms with Crippen LogP contribution in [0.2, 0.25) is 0 Å². The van der Waals surface area contributed by atoms with Gasteiger partial charge in [0.05, 0.1) is 17.6 Å². The molecule has 3 nitrogen and oxygen atoms in total. The Morgan fingerprint density at radius 1 is 1.26 bits per heavy atom. The monoisotopic (exact) mass is 318 g/mol. The number of benzene rings is 1. The predicted octanol–water partition coefficient (Wildman–Crippen LogP) is 2.56. The molecule has 1 aliphatic carbocycles. The van der Waals surface area contributed by atoms with Crippen molar-refractivity contribution in [1.29, 1.82) is 0 Å². The molecule has 1 aromatic carbocycles. The van der Waals surface area contributed by atoms with E-state index in [1.165, 1.54) is 12.1 Å². The lowest BCUT2D eigenvalue weighted by atomic mass is 9.81. The van der Waals surface area contributed by atoms with Crippen LogP contribution in [0.5, 0.6) is 0 Å². The summed E-state index contributed by atoms with van der Waals surface area (Å²) < 4.78 is 27.3. The van der Waals surface area contributed by atoms with Crippen LogP contribution in [0, 0.1) is 24.0 Å². The van der Waals surface area contributed by atoms with Crippen molar-refractivity contribution in [3.05, 3.63) is 35.4 Å². The van der Waals surface area contributed by atoms with Crippen LogP contribution in [0.3, 0.4) is 0 Å². The van der Waals surface area contributed by atoms with Gasteiger partial charge in [-0.3, -0.25) is 4.79 Å². The summed E-state index contributed by atoms with van der Waals surface area (Å²) in [5.74, 6) is 1.14. The Morgan fingerprint density at radius 2 is 1.87 bits per heavy atom. The number of halogens is 2. The van der Waals surface area contributed by atoms with E-state index in [4.69, 9.17) is 6.42 Å². The number of rotatable bonds is 2. The molecule has 1 spiro atoms. The van der Waals surface area contributed by atoms with E-state index < -0.39 is 22.7 Å². The second-order valence-corrected chi connectivity index (χ2v) is 6.67. The van der Waals surface area contributed by atoms with Crippen molar-refractivity contribution in [3.63, 3.8) is 0 Å². The van der Waals surface area contributed by atoms with E-state index in [0.29, 0.717) is 12.1 Å². The summed E-state index contributed by atoms with van der Waals surface area (Å²) >= 11 is 0. The summed E-state index contributed by atoms with van der Waals surface area (Å²) in [5, 5.41) is 3.36. The minimum atomic E-state index is -0.875. The largest absolute Gasteiger partial charge is 0.319 e. The van der Waals surface area contributed by atoms with Gasteiger partial charge in [0.25, 0.3) is 0 Å². The summed E-state index contributed by atoms with van der Waals surface area (Å²) in [6.07, 6.45) is 9.00. The number of terminal acetylenes is 1. The van der Waals surface area contributed by atoms with Gasteiger partial charge in [0.15, 0.2) is 0 Å². The molecule has 0 unspecified atom stereocenters. The zero-order valence-electron chi connectivity index (χ0n) is 13.2. The Kier molecular flexibility index (Phi) is 3.89. The Morgan fingerprint density at radius 3 is 2.43 bits per heavy atom. The number of amides is 1. The molecule has 23 heavy (non-hydrogen) atoms. The molecule has 2 aliphatic rings. The quantitative estimate of drug-likeness (QED) is 0.850. The molecular formula is C18H20F2N2O. The lowest BCUT2D eigenvalue weighted by Crippen LogP contribution is -2.70. The molecule has 5 heteroatoms. The SMILES string of the molecule is C#CCN1C(=O)C2(CCCC2)NC[C@@]1(C)c1cc(F)cc(F)c1. The fourth-order valence-corrected chi connectivity index (χ4v) is 3.82. The molecule has 1 saturated carbocycles. The van der Waals surface area contributed by atoms with Crippen LogP contribution < -0.4 is 5.32 Å². The molecule has 2 fully saturated rings. The van der Waals surface area contributed by atoms with Crippen molar-refractivity contribution < 1.29 is 13.6 Å². The van der Waals surface area contributed by atoms with Gasteiger partial charge in [-0.25, -0.2) is 8.78 Å². The standard InChI is InChI=1S/C18H20F2N2O/c1-3-8-22-16(23)18(6-4-5-7-18)21-12-17(22,2)13-9-14(19)11-15(20)10-13/h1,9-11,21H,4-8,12H2,2H3/t17-/m0/s1. The first kappa shape index (κ1) is 15.9. The first-order valence-corrected chi connectivity index (χ1v) is 7.88. The molecule has 0 radical (unpaired) electrons. The molecule has 1 aromatic rings. The number of hydrogen-bond acceptors (Lipinski definition) is 2. The fraction of sp³-hybridized carbons (Fsp3) is 0.500. The van der Waals surface area contributed by atoms with Crippen molar-refractivity contribution in [3.8, 4) is 12.3 Å². The van der Waals surface area contributed by atoms with E-state index in [2.05, 4.69) is 11.2 Å². The van der Waals surface area contributed by atoms with Crippen LogP contribution in [0.1, 0.15) is 38.2 Å². The third-order valence-electron chi connectivity index (χ3n) is 5.21. The summed E-state index contributed by atoms with van der Waals surface area (Å²) in [6, 6.07) is 3.37. The Bertz CT molecular complexity index is 656. The molecule has 3 rings (SSSR count). The van der Waals surface area contributed by atoms with Gasteiger partial charge in [0, 0.05) is 12.6 Å². The highest BCUT2D eigenvalue weighted by Crippen LogP contribution is 2.40. The van der Waals surface area contributed by atoms with Crippen LogP contribution in [0.25, 0.3) is 0 Å². The zero-order chi connectivity index (χ0) is 16.7. The van der Waals surface area contributed by atoms with Crippen LogP contribution in [-0.4, -0.2) is 29.4 Å². The van der Waals surface area contributed by atoms with Crippen molar-refractivity contribution >= 4 is 5.91 Å². The summed E-state index contributed by atoms with van der Waals surface area (Å²) in [7, 11) is 0. The van der Waals surface area contributed by atoms with Crippen molar-refractivity contribution in [2.45, 2.75) is 43.7 Å². The predicted molar refractivity (Wildman–Crippen MR) is 83.5 cm³/mol. The number of carbonyl (C=O) groups excluding carboxylic acids is 1. The van der Waals surface area contributed by atoms with Gasteiger partial charge in [0.1, 0.15) is 11.6 Å². The van der Waals surface area contributed by atoms with Crippen LogP contribution in [-0.2, 0) is 10.3 Å². The molecule has 0 aromatic heterocycles. The van der Waals surface area contributed by atoms with Gasteiger partial charge in [0.2, 0.25) is 5.91 Å².